The topological polar surface area (TPSA) is 135 Å². The van der Waals surface area contributed by atoms with E-state index in [4.69, 9.17) is 19.5 Å². The minimum absolute atomic E-state index is 0.187. The monoisotopic (exact) mass is 445 g/mol. The fourth-order valence-corrected chi connectivity index (χ4v) is 6.39. The van der Waals surface area contributed by atoms with E-state index >= 15 is 0 Å². The Balaban J connectivity index is 1.53. The number of nitrogens with one attached hydrogen (secondary N) is 1. The molecule has 5 N–H and O–H groups in total. The molecule has 4 heterocycles. The van der Waals surface area contributed by atoms with Gasteiger partial charge in [0.1, 0.15) is 0 Å². The van der Waals surface area contributed by atoms with Crippen LogP contribution in [0.2, 0.25) is 0 Å². The van der Waals surface area contributed by atoms with E-state index in [1.807, 2.05) is 4.90 Å². The number of rotatable bonds is 7. The zero-order chi connectivity index (χ0) is 20.6. The first-order chi connectivity index (χ1) is 13.9. The van der Waals surface area contributed by atoms with Gasteiger partial charge in [0, 0.05) is 0 Å². The number of fused-ring (bicyclic) bond motifs is 2. The summed E-state index contributed by atoms with van der Waals surface area (Å²) in [7, 11) is -1.70. The average molecular weight is 445 g/mol. The van der Waals surface area contributed by atoms with Crippen LogP contribution in [0.3, 0.4) is 0 Å². The SMILES string of the molecule is B[PH]1(O)OCC2OC(N3c4ncnc(N)c4NC3SCCCCCC)C(O)[C@@H]2O1. The van der Waals surface area contributed by atoms with Crippen LogP contribution in [0.25, 0.3) is 0 Å². The van der Waals surface area contributed by atoms with Crippen molar-refractivity contribution in [3.63, 3.8) is 0 Å². The number of hydrogen-bond acceptors (Lipinski definition) is 11. The molecule has 10 nitrogen and oxygen atoms in total. The van der Waals surface area contributed by atoms with Gasteiger partial charge in [0.2, 0.25) is 0 Å². The summed E-state index contributed by atoms with van der Waals surface area (Å²) in [4.78, 5) is 20.5. The van der Waals surface area contributed by atoms with Gasteiger partial charge in [-0.2, -0.15) is 0 Å². The van der Waals surface area contributed by atoms with Crippen LogP contribution in [0.4, 0.5) is 17.3 Å². The summed E-state index contributed by atoms with van der Waals surface area (Å²) in [5, 5.41) is 14.4. The number of ether oxygens (including phenoxy) is 1. The molecule has 0 spiro atoms. The van der Waals surface area contributed by atoms with Crippen molar-refractivity contribution in [3.05, 3.63) is 6.33 Å². The normalized spacial score (nSPS) is 33.8. The predicted octanol–water partition coefficient (Wildman–Crippen LogP) is 0.424. The van der Waals surface area contributed by atoms with Crippen molar-refractivity contribution in [1.29, 1.82) is 0 Å². The third kappa shape index (κ3) is 4.30. The number of nitrogens with zero attached hydrogens (tertiary/aromatic N) is 3. The van der Waals surface area contributed by atoms with Gasteiger partial charge < -0.3 is 0 Å². The fraction of sp³-hybridized carbons (Fsp3) is 0.750. The number of aromatic nitrogens is 2. The molecule has 4 rings (SSSR count). The van der Waals surface area contributed by atoms with Gasteiger partial charge >= 0.3 is 169 Å². The Labute approximate surface area is 175 Å². The molecule has 0 radical (unpaired) electrons. The Kier molecular flexibility index (Phi) is 6.41. The number of aliphatic hydroxyl groups excluding tert-OH is 1. The molecule has 2 fully saturated rings. The summed E-state index contributed by atoms with van der Waals surface area (Å²) in [6, 6.07) is 0. The molecule has 0 aromatic carbocycles. The number of anilines is 3. The quantitative estimate of drug-likeness (QED) is 0.264. The van der Waals surface area contributed by atoms with Crippen molar-refractivity contribution in [2.24, 2.45) is 0 Å². The van der Waals surface area contributed by atoms with Crippen LogP contribution >= 0.6 is 19.6 Å². The van der Waals surface area contributed by atoms with Crippen LogP contribution in [-0.2, 0) is 13.8 Å². The van der Waals surface area contributed by atoms with Crippen molar-refractivity contribution in [2.75, 3.05) is 28.3 Å². The summed E-state index contributed by atoms with van der Waals surface area (Å²) >= 11 is 1.72. The molecule has 1 aromatic heterocycles. The number of nitrogen functional groups attached to an aromatic ring is 1. The van der Waals surface area contributed by atoms with Crippen LogP contribution in [-0.4, -0.2) is 69.9 Å². The van der Waals surface area contributed by atoms with E-state index in [-0.39, 0.29) is 12.1 Å². The standard InChI is InChI=1S/C16H29BN5O5PS/c1-2-3-4-5-6-29-16-21-10-13(18)19-8-20-14(10)22(16)15-11(23)12-9(26-15)7-25-28(17,24)27-12/h8-9,11-12,15-16,21,23-24,28H,2-7,17H2,1H3,(H2,18,19,20)/t9?,11?,12-,15?,16?/m1/s1. The van der Waals surface area contributed by atoms with Crippen molar-refractivity contribution < 1.29 is 23.8 Å². The Bertz CT molecular complexity index is 737. The van der Waals surface area contributed by atoms with E-state index in [0.29, 0.717) is 17.3 Å². The zero-order valence-corrected chi connectivity index (χ0v) is 18.5. The van der Waals surface area contributed by atoms with Crippen LogP contribution in [0.15, 0.2) is 6.33 Å². The zero-order valence-electron chi connectivity index (χ0n) is 16.7. The molecule has 3 aliphatic rings. The van der Waals surface area contributed by atoms with Crippen molar-refractivity contribution in [2.45, 2.75) is 62.6 Å². The van der Waals surface area contributed by atoms with Gasteiger partial charge in [0.15, 0.2) is 0 Å². The first kappa shape index (κ1) is 21.4. The molecule has 0 amide bonds. The summed E-state index contributed by atoms with van der Waals surface area (Å²) < 4.78 is 17.2. The van der Waals surface area contributed by atoms with E-state index in [9.17, 15) is 10.00 Å². The summed E-state index contributed by atoms with van der Waals surface area (Å²) in [5.74, 6) is 1.90. The van der Waals surface area contributed by atoms with E-state index in [2.05, 4.69) is 22.2 Å². The van der Waals surface area contributed by atoms with Crippen molar-refractivity contribution in [1.82, 2.24) is 9.97 Å². The summed E-state index contributed by atoms with van der Waals surface area (Å²) in [5.41, 5.74) is 6.49. The van der Waals surface area contributed by atoms with Gasteiger partial charge in [0.25, 0.3) is 0 Å². The molecule has 4 unspecified atom stereocenters. The van der Waals surface area contributed by atoms with Crippen LogP contribution in [0.1, 0.15) is 32.6 Å². The Morgan fingerprint density at radius 1 is 1.41 bits per heavy atom. The first-order valence-corrected chi connectivity index (χ1v) is 13.4. The third-order valence-corrected chi connectivity index (χ3v) is 7.95. The number of thioether (sulfide) groups is 1. The maximum absolute atomic E-state index is 11.0. The number of aliphatic hydroxyl groups is 1. The molecule has 1 aromatic rings. The first-order valence-electron chi connectivity index (χ1n) is 10.1. The van der Waals surface area contributed by atoms with Gasteiger partial charge in [-0.25, -0.2) is 0 Å². The molecule has 29 heavy (non-hydrogen) atoms. The summed E-state index contributed by atoms with van der Waals surface area (Å²) in [6.07, 6.45) is 3.34. The Morgan fingerprint density at radius 2 is 2.24 bits per heavy atom. The van der Waals surface area contributed by atoms with Crippen LogP contribution < -0.4 is 16.0 Å². The fourth-order valence-electron chi connectivity index (χ4n) is 3.88. The van der Waals surface area contributed by atoms with Gasteiger partial charge in [-0.15, -0.1) is 0 Å². The minimum atomic E-state index is -3.24. The molecular weight excluding hydrogens is 416 g/mol. The Morgan fingerprint density at radius 3 is 3.03 bits per heavy atom. The summed E-state index contributed by atoms with van der Waals surface area (Å²) in [6.45, 7) is 2.38. The predicted molar refractivity (Wildman–Crippen MR) is 118 cm³/mol. The van der Waals surface area contributed by atoms with Gasteiger partial charge in [-0.3, -0.25) is 0 Å². The molecule has 162 valence electrons. The molecule has 0 aliphatic carbocycles. The van der Waals surface area contributed by atoms with Gasteiger partial charge in [-0.1, -0.05) is 6.92 Å². The maximum atomic E-state index is 11.0. The van der Waals surface area contributed by atoms with E-state index in [1.54, 1.807) is 19.3 Å². The average Bonchev–Trinajstić information content (AvgIpc) is 3.19. The number of nitrogens with two attached hydrogens (primary N) is 1. The Hall–Kier alpha value is -0.875. The number of unbranched alkanes of at least 4 members (excludes halogenated alkanes) is 3. The molecule has 2 saturated heterocycles. The van der Waals surface area contributed by atoms with Crippen LogP contribution in [0.5, 0.6) is 0 Å². The number of hydrogen-bond donors (Lipinski definition) is 4. The third-order valence-electron chi connectivity index (χ3n) is 5.35. The molecule has 0 bridgehead atoms. The van der Waals surface area contributed by atoms with Gasteiger partial charge in [0.05, 0.1) is 0 Å². The molecular formula is C16H29BN5O5PS. The van der Waals surface area contributed by atoms with E-state index < -0.39 is 32.4 Å². The van der Waals surface area contributed by atoms with Crippen LogP contribution in [0, 0.1) is 0 Å². The molecule has 5 atom stereocenters. The van der Waals surface area contributed by atoms with E-state index in [0.717, 1.165) is 12.2 Å². The molecule has 0 saturated carbocycles. The van der Waals surface area contributed by atoms with Crippen molar-refractivity contribution >= 4 is 44.5 Å². The molecule has 3 aliphatic heterocycles. The van der Waals surface area contributed by atoms with Gasteiger partial charge in [-0.05, 0) is 0 Å². The second-order valence-electron chi connectivity index (χ2n) is 7.64. The van der Waals surface area contributed by atoms with E-state index in [1.165, 1.54) is 25.6 Å². The second-order valence-corrected chi connectivity index (χ2v) is 11.1. The van der Waals surface area contributed by atoms with Crippen molar-refractivity contribution in [3.8, 4) is 0 Å². The molecule has 13 heteroatoms. The second kappa shape index (κ2) is 8.70.